The number of hydrogen-bond acceptors (Lipinski definition) is 3. The Morgan fingerprint density at radius 1 is 1.06 bits per heavy atom. The molecule has 1 aromatic heterocycles. The highest BCUT2D eigenvalue weighted by molar-refractivity contribution is 5.90. The number of anilines is 1. The molecular weight excluding hydrogens is 405 g/mol. The van der Waals surface area contributed by atoms with E-state index in [1.165, 1.54) is 17.7 Å². The normalized spacial score (nSPS) is 26.5. The van der Waals surface area contributed by atoms with Gasteiger partial charge in [0.25, 0.3) is 0 Å². The molecule has 1 saturated carbocycles. The summed E-state index contributed by atoms with van der Waals surface area (Å²) >= 11 is 0. The largest absolute Gasteiger partial charge is 0.440 e. The van der Waals surface area contributed by atoms with Gasteiger partial charge in [-0.1, -0.05) is 30.7 Å². The number of nitrogens with zero attached hydrogens (tertiary/aromatic N) is 3. The Morgan fingerprint density at radius 3 is 2.62 bits per heavy atom. The molecule has 1 saturated heterocycles. The van der Waals surface area contributed by atoms with E-state index in [4.69, 9.17) is 4.74 Å². The van der Waals surface area contributed by atoms with Crippen molar-refractivity contribution >= 4 is 17.9 Å². The van der Waals surface area contributed by atoms with E-state index in [9.17, 15) is 9.18 Å². The van der Waals surface area contributed by atoms with Gasteiger partial charge in [-0.3, -0.25) is 4.90 Å². The molecule has 1 spiro atoms. The molecule has 1 aliphatic heterocycles. The Morgan fingerprint density at radius 2 is 1.84 bits per heavy atom. The van der Waals surface area contributed by atoms with E-state index >= 15 is 0 Å². The molecule has 6 heteroatoms. The summed E-state index contributed by atoms with van der Waals surface area (Å²) in [6, 6.07) is 16.1. The van der Waals surface area contributed by atoms with Crippen LogP contribution in [-0.4, -0.2) is 28.0 Å². The molecule has 162 valence electrons. The number of halogens is 1. The van der Waals surface area contributed by atoms with Gasteiger partial charge in [0.2, 0.25) is 0 Å². The summed E-state index contributed by atoms with van der Waals surface area (Å²) in [5.74, 6) is -0.263. The molecule has 3 aromatic rings. The van der Waals surface area contributed by atoms with Crippen LogP contribution in [0.25, 0.3) is 11.8 Å². The number of para-hydroxylation sites is 1. The molecule has 2 fully saturated rings. The van der Waals surface area contributed by atoms with Crippen LogP contribution in [-0.2, 0) is 11.2 Å². The van der Waals surface area contributed by atoms with Crippen LogP contribution in [0.1, 0.15) is 37.4 Å². The van der Waals surface area contributed by atoms with Crippen LogP contribution in [0.5, 0.6) is 0 Å². The molecule has 0 bridgehead atoms. The van der Waals surface area contributed by atoms with Crippen molar-refractivity contribution < 1.29 is 13.9 Å². The first-order valence-electron chi connectivity index (χ1n) is 11.1. The van der Waals surface area contributed by atoms with Gasteiger partial charge in [-0.25, -0.2) is 13.9 Å². The van der Waals surface area contributed by atoms with Crippen LogP contribution < -0.4 is 4.90 Å². The second-order valence-electron chi connectivity index (χ2n) is 9.26. The molecule has 0 N–H and O–H groups in total. The average Bonchev–Trinajstić information content (AvgIpc) is 3.35. The smallest absolute Gasteiger partial charge is 0.415 e. The van der Waals surface area contributed by atoms with E-state index in [0.29, 0.717) is 6.54 Å². The van der Waals surface area contributed by atoms with Crippen molar-refractivity contribution in [3.63, 3.8) is 0 Å². The SMILES string of the molecule is C[C@]12Cc3cnn(-c4ccc(F)cc4)c3C=C1CCC[C@@]21CN(c2ccccc2)C(=O)O1. The summed E-state index contributed by atoms with van der Waals surface area (Å²) in [7, 11) is 0. The average molecular weight is 429 g/mol. The van der Waals surface area contributed by atoms with Crippen LogP contribution in [0.4, 0.5) is 14.9 Å². The van der Waals surface area contributed by atoms with E-state index in [1.54, 1.807) is 17.0 Å². The van der Waals surface area contributed by atoms with Crippen molar-refractivity contribution in [2.45, 2.75) is 38.2 Å². The number of aromatic nitrogens is 2. The Bertz CT molecular complexity index is 1230. The predicted molar refractivity (Wildman–Crippen MR) is 120 cm³/mol. The fourth-order valence-electron chi connectivity index (χ4n) is 5.73. The number of rotatable bonds is 2. The standard InChI is InChI=1S/C26H24FN3O2/c1-25-15-18-16-28-30(22-11-9-20(27)10-12-22)23(18)14-19(25)6-5-13-26(25)17-29(24(31)32-26)21-7-3-2-4-8-21/h2-4,7-12,14,16H,5-6,13,15,17H2,1H3/t25-,26+/m0/s1. The van der Waals surface area contributed by atoms with Crippen molar-refractivity contribution in [2.24, 2.45) is 5.41 Å². The van der Waals surface area contributed by atoms with Crippen LogP contribution >= 0.6 is 0 Å². The molecule has 2 heterocycles. The fraction of sp³-hybridized carbons (Fsp3) is 0.308. The van der Waals surface area contributed by atoms with Crippen molar-refractivity contribution in [2.75, 3.05) is 11.4 Å². The first-order valence-corrected chi connectivity index (χ1v) is 11.1. The van der Waals surface area contributed by atoms with Crippen molar-refractivity contribution in [1.29, 1.82) is 0 Å². The zero-order valence-corrected chi connectivity index (χ0v) is 17.9. The van der Waals surface area contributed by atoms with Gasteiger partial charge in [0, 0.05) is 11.1 Å². The maximum Gasteiger partial charge on any atom is 0.415 e. The summed E-state index contributed by atoms with van der Waals surface area (Å²) < 4.78 is 21.5. The molecule has 2 atom stereocenters. The number of hydrogen-bond donors (Lipinski definition) is 0. The van der Waals surface area contributed by atoms with Crippen LogP contribution in [0.3, 0.4) is 0 Å². The Labute approximate surface area is 186 Å². The number of carbonyl (C=O) groups excluding carboxylic acids is 1. The zero-order valence-electron chi connectivity index (χ0n) is 17.9. The lowest BCUT2D eigenvalue weighted by Gasteiger charge is -2.51. The maximum absolute atomic E-state index is 13.4. The highest BCUT2D eigenvalue weighted by atomic mass is 19.1. The molecule has 2 aliphatic carbocycles. The van der Waals surface area contributed by atoms with E-state index in [2.05, 4.69) is 18.1 Å². The molecule has 32 heavy (non-hydrogen) atoms. The minimum atomic E-state index is -0.570. The highest BCUT2D eigenvalue weighted by Gasteiger charge is 2.61. The monoisotopic (exact) mass is 429 g/mol. The van der Waals surface area contributed by atoms with Gasteiger partial charge in [0.1, 0.15) is 11.4 Å². The topological polar surface area (TPSA) is 47.4 Å². The van der Waals surface area contributed by atoms with Gasteiger partial charge in [0.15, 0.2) is 0 Å². The number of amides is 1. The van der Waals surface area contributed by atoms with Crippen LogP contribution in [0.15, 0.2) is 66.4 Å². The van der Waals surface area contributed by atoms with E-state index in [1.807, 2.05) is 41.2 Å². The Hall–Kier alpha value is -3.41. The molecule has 5 nitrogen and oxygen atoms in total. The van der Waals surface area contributed by atoms with Crippen LogP contribution in [0, 0.1) is 11.2 Å². The van der Waals surface area contributed by atoms with Crippen molar-refractivity contribution in [3.8, 4) is 5.69 Å². The maximum atomic E-state index is 13.4. The van der Waals surface area contributed by atoms with Crippen molar-refractivity contribution in [3.05, 3.63) is 83.4 Å². The highest BCUT2D eigenvalue weighted by Crippen LogP contribution is 2.57. The summed E-state index contributed by atoms with van der Waals surface area (Å²) in [5, 5.41) is 4.61. The number of fused-ring (bicyclic) bond motifs is 3. The number of ether oxygens (including phenoxy) is 1. The second-order valence-corrected chi connectivity index (χ2v) is 9.26. The van der Waals surface area contributed by atoms with Gasteiger partial charge in [0.05, 0.1) is 24.1 Å². The number of carbonyl (C=O) groups is 1. The third kappa shape index (κ3) is 2.68. The quantitative estimate of drug-likeness (QED) is 0.538. The van der Waals surface area contributed by atoms with E-state index in [0.717, 1.165) is 48.3 Å². The third-order valence-corrected chi connectivity index (χ3v) is 7.54. The van der Waals surface area contributed by atoms with Gasteiger partial charge in [-0.15, -0.1) is 0 Å². The fourth-order valence-corrected chi connectivity index (χ4v) is 5.73. The summed E-state index contributed by atoms with van der Waals surface area (Å²) in [6.07, 6.45) is 7.38. The predicted octanol–water partition coefficient (Wildman–Crippen LogP) is 5.54. The molecule has 0 radical (unpaired) electrons. The van der Waals surface area contributed by atoms with Crippen molar-refractivity contribution in [1.82, 2.24) is 9.78 Å². The molecule has 1 amide bonds. The van der Waals surface area contributed by atoms with Gasteiger partial charge >= 0.3 is 6.09 Å². The minimum absolute atomic E-state index is 0.263. The summed E-state index contributed by atoms with van der Waals surface area (Å²) in [6.45, 7) is 2.78. The van der Waals surface area contributed by atoms with Gasteiger partial charge in [-0.2, -0.15) is 5.10 Å². The third-order valence-electron chi connectivity index (χ3n) is 7.54. The van der Waals surface area contributed by atoms with E-state index < -0.39 is 5.60 Å². The Balaban J connectivity index is 1.39. The molecule has 2 aromatic carbocycles. The number of benzene rings is 2. The molecular formula is C26H24FN3O2. The van der Waals surface area contributed by atoms with E-state index in [-0.39, 0.29) is 17.3 Å². The van der Waals surface area contributed by atoms with Gasteiger partial charge < -0.3 is 4.74 Å². The zero-order chi connectivity index (χ0) is 21.9. The first-order chi connectivity index (χ1) is 15.5. The molecule has 3 aliphatic rings. The summed E-state index contributed by atoms with van der Waals surface area (Å²) in [5.41, 5.74) is 4.29. The lowest BCUT2D eigenvalue weighted by Crippen LogP contribution is -2.55. The molecule has 6 rings (SSSR count). The summed E-state index contributed by atoms with van der Waals surface area (Å²) in [4.78, 5) is 14.7. The van der Waals surface area contributed by atoms with Crippen LogP contribution in [0.2, 0.25) is 0 Å². The second kappa shape index (κ2) is 6.79. The minimum Gasteiger partial charge on any atom is -0.440 e. The lowest BCUT2D eigenvalue weighted by atomic mass is 9.57. The lowest BCUT2D eigenvalue weighted by molar-refractivity contribution is -0.0515. The molecule has 0 unspecified atom stereocenters. The first kappa shape index (κ1) is 19.3. The van der Waals surface area contributed by atoms with Gasteiger partial charge in [-0.05, 0) is 73.7 Å². The Kier molecular flexibility index (Phi) is 4.09.